The van der Waals surface area contributed by atoms with Gasteiger partial charge in [0.05, 0.1) is 0 Å². The number of hydrogen-bond acceptors (Lipinski definition) is 7. The monoisotopic (exact) mass is 301 g/mol. The van der Waals surface area contributed by atoms with Gasteiger partial charge in [-0.05, 0) is 19.1 Å². The molecule has 8 heteroatoms. The molecular formula is C13H11N5O2S. The van der Waals surface area contributed by atoms with E-state index in [4.69, 9.17) is 4.52 Å². The lowest BCUT2D eigenvalue weighted by molar-refractivity contribution is 0.102. The van der Waals surface area contributed by atoms with Gasteiger partial charge in [-0.3, -0.25) is 4.79 Å². The summed E-state index contributed by atoms with van der Waals surface area (Å²) in [6, 6.07) is 7.14. The van der Waals surface area contributed by atoms with Gasteiger partial charge in [-0.15, -0.1) is 11.3 Å². The lowest BCUT2D eigenvalue weighted by Gasteiger charge is -1.99. The summed E-state index contributed by atoms with van der Waals surface area (Å²) in [5, 5.41) is 11.6. The van der Waals surface area contributed by atoms with Gasteiger partial charge < -0.3 is 15.2 Å². The van der Waals surface area contributed by atoms with Crippen molar-refractivity contribution in [2.45, 2.75) is 6.92 Å². The van der Waals surface area contributed by atoms with Gasteiger partial charge in [0, 0.05) is 17.6 Å². The Bertz CT molecular complexity index is 753. The number of carbonyl (C=O) groups is 1. The summed E-state index contributed by atoms with van der Waals surface area (Å²) in [7, 11) is 0. The van der Waals surface area contributed by atoms with E-state index in [0.29, 0.717) is 28.2 Å². The third-order valence-corrected chi connectivity index (χ3v) is 3.26. The zero-order valence-corrected chi connectivity index (χ0v) is 11.8. The molecule has 0 radical (unpaired) electrons. The minimum absolute atomic E-state index is 0.305. The molecule has 3 rings (SSSR count). The summed E-state index contributed by atoms with van der Waals surface area (Å²) in [5.74, 6) is 1.32. The summed E-state index contributed by atoms with van der Waals surface area (Å²) in [6.07, 6.45) is 1.68. The van der Waals surface area contributed by atoms with Crippen LogP contribution in [0.2, 0.25) is 0 Å². The maximum atomic E-state index is 12.0. The summed E-state index contributed by atoms with van der Waals surface area (Å²) in [4.78, 5) is 20.3. The fourth-order valence-electron chi connectivity index (χ4n) is 1.59. The first-order valence-corrected chi connectivity index (χ1v) is 6.97. The molecule has 0 atom stereocenters. The average Bonchev–Trinajstić information content (AvgIpc) is 3.09. The predicted octanol–water partition coefficient (Wildman–Crippen LogP) is 2.83. The van der Waals surface area contributed by atoms with Crippen LogP contribution < -0.4 is 10.6 Å². The first kappa shape index (κ1) is 13.3. The Morgan fingerprint density at radius 1 is 1.33 bits per heavy atom. The number of aryl methyl sites for hydroxylation is 1. The number of nitrogens with one attached hydrogen (secondary N) is 2. The Kier molecular flexibility index (Phi) is 3.61. The summed E-state index contributed by atoms with van der Waals surface area (Å²) in [5.41, 5.74) is 0.305. The second-order valence-electron chi connectivity index (χ2n) is 4.15. The maximum Gasteiger partial charge on any atom is 0.276 e. The molecule has 0 aromatic carbocycles. The smallest absolute Gasteiger partial charge is 0.276 e. The summed E-state index contributed by atoms with van der Waals surface area (Å²) in [6.45, 7) is 1.75. The highest BCUT2D eigenvalue weighted by Crippen LogP contribution is 2.20. The van der Waals surface area contributed by atoms with Crippen LogP contribution in [-0.4, -0.2) is 21.0 Å². The number of aromatic nitrogens is 3. The van der Waals surface area contributed by atoms with Gasteiger partial charge in [0.15, 0.2) is 10.9 Å². The van der Waals surface area contributed by atoms with Crippen LogP contribution in [0.5, 0.6) is 0 Å². The first-order chi connectivity index (χ1) is 10.2. The Hall–Kier alpha value is -2.74. The van der Waals surface area contributed by atoms with E-state index in [-0.39, 0.29) is 5.91 Å². The second-order valence-corrected chi connectivity index (χ2v) is 5.01. The number of anilines is 3. The predicted molar refractivity (Wildman–Crippen MR) is 78.8 cm³/mol. The lowest BCUT2D eigenvalue weighted by Crippen LogP contribution is -2.12. The van der Waals surface area contributed by atoms with Gasteiger partial charge in [-0.1, -0.05) is 11.2 Å². The molecular weight excluding hydrogens is 290 g/mol. The first-order valence-electron chi connectivity index (χ1n) is 6.09. The van der Waals surface area contributed by atoms with Crippen molar-refractivity contribution < 1.29 is 9.32 Å². The Labute approximate surface area is 124 Å². The normalized spacial score (nSPS) is 10.3. The van der Waals surface area contributed by atoms with Crippen LogP contribution in [0.15, 0.2) is 40.4 Å². The molecule has 0 bridgehead atoms. The molecule has 2 N–H and O–H groups in total. The molecule has 0 saturated heterocycles. The third kappa shape index (κ3) is 3.23. The number of amides is 1. The molecule has 0 unspecified atom stereocenters. The number of rotatable bonds is 4. The van der Waals surface area contributed by atoms with Crippen LogP contribution in [-0.2, 0) is 0 Å². The van der Waals surface area contributed by atoms with Crippen molar-refractivity contribution in [3.63, 3.8) is 0 Å². The van der Waals surface area contributed by atoms with E-state index >= 15 is 0 Å². The van der Waals surface area contributed by atoms with E-state index < -0.39 is 0 Å². The molecule has 3 aromatic rings. The Balaban J connectivity index is 1.68. The van der Waals surface area contributed by atoms with Crippen molar-refractivity contribution in [1.82, 2.24) is 15.1 Å². The van der Waals surface area contributed by atoms with Gasteiger partial charge in [0.25, 0.3) is 5.91 Å². The molecule has 0 spiro atoms. The highest BCUT2D eigenvalue weighted by Gasteiger charge is 2.13. The SMILES string of the molecule is Cc1cc(NC(=O)c2csc(Nc3ccccn3)n2)no1. The Morgan fingerprint density at radius 2 is 2.24 bits per heavy atom. The fraction of sp³-hybridized carbons (Fsp3) is 0.0769. The van der Waals surface area contributed by atoms with Crippen molar-refractivity contribution in [3.05, 3.63) is 47.3 Å². The quantitative estimate of drug-likeness (QED) is 0.769. The minimum atomic E-state index is -0.339. The van der Waals surface area contributed by atoms with Crippen molar-refractivity contribution in [1.29, 1.82) is 0 Å². The topological polar surface area (TPSA) is 92.9 Å². The highest BCUT2D eigenvalue weighted by molar-refractivity contribution is 7.14. The second kappa shape index (κ2) is 5.71. The largest absolute Gasteiger partial charge is 0.360 e. The van der Waals surface area contributed by atoms with Crippen LogP contribution in [0.3, 0.4) is 0 Å². The van der Waals surface area contributed by atoms with E-state index in [1.54, 1.807) is 24.6 Å². The van der Waals surface area contributed by atoms with Gasteiger partial charge >= 0.3 is 0 Å². The summed E-state index contributed by atoms with van der Waals surface area (Å²) >= 11 is 1.32. The molecule has 3 heterocycles. The molecule has 0 fully saturated rings. The van der Waals surface area contributed by atoms with Crippen LogP contribution in [0, 0.1) is 6.92 Å². The van der Waals surface area contributed by atoms with Crippen molar-refractivity contribution in [2.24, 2.45) is 0 Å². The number of nitrogens with zero attached hydrogens (tertiary/aromatic N) is 3. The van der Waals surface area contributed by atoms with Crippen molar-refractivity contribution in [2.75, 3.05) is 10.6 Å². The zero-order chi connectivity index (χ0) is 14.7. The van der Waals surface area contributed by atoms with E-state index in [0.717, 1.165) is 0 Å². The number of carbonyl (C=O) groups excluding carboxylic acids is 1. The molecule has 3 aromatic heterocycles. The Morgan fingerprint density at radius 3 is 2.95 bits per heavy atom. The average molecular weight is 301 g/mol. The molecule has 21 heavy (non-hydrogen) atoms. The number of thiazole rings is 1. The molecule has 7 nitrogen and oxygen atoms in total. The van der Waals surface area contributed by atoms with Gasteiger partial charge in [-0.25, -0.2) is 9.97 Å². The number of hydrogen-bond donors (Lipinski definition) is 2. The lowest BCUT2D eigenvalue weighted by atomic mass is 10.4. The fourth-order valence-corrected chi connectivity index (χ4v) is 2.28. The molecule has 0 saturated carbocycles. The molecule has 106 valence electrons. The van der Waals surface area contributed by atoms with Crippen molar-refractivity contribution >= 4 is 34.0 Å². The van der Waals surface area contributed by atoms with Crippen LogP contribution in [0.1, 0.15) is 16.2 Å². The molecule has 0 aliphatic rings. The van der Waals surface area contributed by atoms with E-state index in [1.807, 2.05) is 18.2 Å². The third-order valence-electron chi connectivity index (χ3n) is 2.51. The molecule has 0 aliphatic heterocycles. The van der Waals surface area contributed by atoms with Crippen LogP contribution in [0.4, 0.5) is 16.8 Å². The van der Waals surface area contributed by atoms with Crippen LogP contribution >= 0.6 is 11.3 Å². The number of pyridine rings is 1. The van der Waals surface area contributed by atoms with Gasteiger partial charge in [0.1, 0.15) is 17.3 Å². The molecule has 1 amide bonds. The molecule has 0 aliphatic carbocycles. The minimum Gasteiger partial charge on any atom is -0.360 e. The highest BCUT2D eigenvalue weighted by atomic mass is 32.1. The van der Waals surface area contributed by atoms with Crippen molar-refractivity contribution in [3.8, 4) is 0 Å². The van der Waals surface area contributed by atoms with Crippen LogP contribution in [0.25, 0.3) is 0 Å². The standard InChI is InChI=1S/C13H11N5O2S/c1-8-6-11(18-20-8)16-12(19)9-7-21-13(15-9)17-10-4-2-3-5-14-10/h2-7H,1H3,(H,14,15,17)(H,16,18,19). The van der Waals surface area contributed by atoms with Gasteiger partial charge in [-0.2, -0.15) is 0 Å². The summed E-state index contributed by atoms with van der Waals surface area (Å²) < 4.78 is 4.88. The van der Waals surface area contributed by atoms with E-state index in [1.165, 1.54) is 11.3 Å². The van der Waals surface area contributed by atoms with E-state index in [2.05, 4.69) is 25.8 Å². The maximum absolute atomic E-state index is 12.0. The van der Waals surface area contributed by atoms with E-state index in [9.17, 15) is 4.79 Å². The zero-order valence-electron chi connectivity index (χ0n) is 11.0. The van der Waals surface area contributed by atoms with Gasteiger partial charge in [0.2, 0.25) is 0 Å².